The number of halogens is 2. The molecule has 5 atom stereocenters. The maximum Gasteiger partial charge on any atom is 0.459 e. The van der Waals surface area contributed by atoms with Crippen LogP contribution in [0.25, 0.3) is 0 Å². The molecular formula is C27H36F2N5O9P. The number of likely N-dealkylation sites (N-methyl/N-ethyl adjacent to an activating group) is 1. The van der Waals surface area contributed by atoms with Crippen molar-refractivity contribution in [3.63, 3.8) is 0 Å². The number of esters is 1. The number of hydrogen-bond acceptors (Lipinski definition) is 11. The summed E-state index contributed by atoms with van der Waals surface area (Å²) in [5.74, 6) is -5.21. The molecule has 0 aliphatic carbocycles. The van der Waals surface area contributed by atoms with E-state index in [0.717, 1.165) is 30.8 Å². The van der Waals surface area contributed by atoms with E-state index < -0.39 is 69.1 Å². The Morgan fingerprint density at radius 3 is 2.57 bits per heavy atom. The van der Waals surface area contributed by atoms with Crippen LogP contribution >= 0.6 is 7.75 Å². The number of aromatic nitrogens is 2. The molecule has 2 aliphatic heterocycles. The van der Waals surface area contributed by atoms with Gasteiger partial charge < -0.3 is 24.4 Å². The van der Waals surface area contributed by atoms with E-state index in [0.29, 0.717) is 11.0 Å². The molecule has 2 fully saturated rings. The van der Waals surface area contributed by atoms with Crippen LogP contribution in [0, 0.1) is 6.92 Å². The van der Waals surface area contributed by atoms with Crippen molar-refractivity contribution in [1.29, 1.82) is 0 Å². The largest absolute Gasteiger partial charge is 0.462 e. The molecule has 242 valence electrons. The summed E-state index contributed by atoms with van der Waals surface area (Å²) in [5, 5.41) is 15.3. The Hall–Kier alpha value is -3.27. The van der Waals surface area contributed by atoms with Crippen LogP contribution in [0.1, 0.15) is 38.5 Å². The van der Waals surface area contributed by atoms with Gasteiger partial charge in [0.25, 0.3) is 0 Å². The minimum Gasteiger partial charge on any atom is -0.462 e. The number of carbonyl (C=O) groups is 2. The topological polar surface area (TPSA) is 171 Å². The zero-order valence-corrected chi connectivity index (χ0v) is 25.5. The van der Waals surface area contributed by atoms with Crippen molar-refractivity contribution in [3.8, 4) is 5.75 Å². The highest BCUT2D eigenvalue weighted by atomic mass is 31.2. The number of nitrogens with zero attached hydrogens (tertiary/aromatic N) is 3. The maximum absolute atomic E-state index is 15.2. The van der Waals surface area contributed by atoms with E-state index >= 15 is 8.78 Å². The number of likely N-dealkylation sites (tertiary alicyclic amines) is 1. The Labute approximate surface area is 252 Å². The number of carbonyl (C=O) groups excluding carboxylic acids is 2. The van der Waals surface area contributed by atoms with E-state index in [1.165, 1.54) is 12.1 Å². The van der Waals surface area contributed by atoms with Crippen LogP contribution in [0.15, 0.2) is 41.3 Å². The Morgan fingerprint density at radius 2 is 1.95 bits per heavy atom. The van der Waals surface area contributed by atoms with E-state index in [9.17, 15) is 24.1 Å². The van der Waals surface area contributed by atoms with Crippen molar-refractivity contribution in [2.75, 3.05) is 32.1 Å². The predicted molar refractivity (Wildman–Crippen MR) is 152 cm³/mol. The van der Waals surface area contributed by atoms with Crippen LogP contribution in [0.4, 0.5) is 14.6 Å². The second-order valence-electron chi connectivity index (χ2n) is 10.8. The molecule has 1 aromatic heterocycles. The van der Waals surface area contributed by atoms with Gasteiger partial charge in [-0.05, 0) is 65.4 Å². The second kappa shape index (κ2) is 13.8. The summed E-state index contributed by atoms with van der Waals surface area (Å²) < 4.78 is 65.5. The molecule has 1 aromatic carbocycles. The molecule has 1 amide bonds. The van der Waals surface area contributed by atoms with Crippen LogP contribution in [0.2, 0.25) is 0 Å². The molecule has 44 heavy (non-hydrogen) atoms. The molecule has 4 rings (SSSR count). The lowest BCUT2D eigenvalue weighted by Gasteiger charge is -2.22. The van der Waals surface area contributed by atoms with Crippen molar-refractivity contribution in [2.45, 2.75) is 70.1 Å². The molecule has 3 heterocycles. The average Bonchev–Trinajstić information content (AvgIpc) is 3.48. The van der Waals surface area contributed by atoms with Gasteiger partial charge in [0.2, 0.25) is 12.1 Å². The average molecular weight is 644 g/mol. The van der Waals surface area contributed by atoms with Gasteiger partial charge in [0.1, 0.15) is 24.2 Å². The van der Waals surface area contributed by atoms with E-state index in [2.05, 4.69) is 15.4 Å². The molecular weight excluding hydrogens is 607 g/mol. The lowest BCUT2D eigenvalue weighted by atomic mass is 10.1. The number of aliphatic hydroxyl groups excluding tert-OH is 1. The molecule has 3 N–H and O–H groups in total. The van der Waals surface area contributed by atoms with Crippen LogP contribution in [-0.4, -0.2) is 88.5 Å². The minimum absolute atomic E-state index is 0.0872. The molecule has 2 saturated heterocycles. The third-order valence-electron chi connectivity index (χ3n) is 6.98. The molecule has 0 saturated carbocycles. The first-order valence-electron chi connectivity index (χ1n) is 14.0. The lowest BCUT2D eigenvalue weighted by Crippen LogP contribution is -2.42. The summed E-state index contributed by atoms with van der Waals surface area (Å²) in [6, 6.07) is 7.06. The van der Waals surface area contributed by atoms with Crippen LogP contribution in [-0.2, 0) is 28.2 Å². The van der Waals surface area contributed by atoms with Gasteiger partial charge in [-0.25, -0.2) is 14.4 Å². The molecule has 0 bridgehead atoms. The fourth-order valence-electron chi connectivity index (χ4n) is 4.70. The van der Waals surface area contributed by atoms with Gasteiger partial charge in [-0.3, -0.25) is 23.6 Å². The van der Waals surface area contributed by atoms with E-state index in [4.69, 9.17) is 18.5 Å². The fourth-order valence-corrected chi connectivity index (χ4v) is 5.97. The Morgan fingerprint density at radius 1 is 1.25 bits per heavy atom. The summed E-state index contributed by atoms with van der Waals surface area (Å²) in [7, 11) is -2.63. The monoisotopic (exact) mass is 643 g/mol. The molecule has 3 unspecified atom stereocenters. The standard InChI is InChI=1S/C27H36F2N5O9P/c1-16(2)41-22(35)14-30-44(39,43-18-9-7-17(3)8-10-18)40-15-20-23(36)27(28,29)25(42-20)34-13-11-21(32-26(34)38)31-24(37)19-6-5-12-33(19)4/h7-11,13,16,19-20,23,25,36H,5-6,12,14-15H2,1-4H3,(H,30,39)(H,31,32,37,38)/t19-,20?,23+,25?,44?/m0/s1. The number of anilines is 1. The molecule has 0 spiro atoms. The van der Waals surface area contributed by atoms with Gasteiger partial charge in [0.05, 0.1) is 18.8 Å². The van der Waals surface area contributed by atoms with Crippen LogP contribution < -0.4 is 20.6 Å². The van der Waals surface area contributed by atoms with Gasteiger partial charge in [0, 0.05) is 6.20 Å². The molecule has 14 nitrogen and oxygen atoms in total. The number of rotatable bonds is 12. The first kappa shape index (κ1) is 33.6. The van der Waals surface area contributed by atoms with Gasteiger partial charge >= 0.3 is 25.3 Å². The zero-order chi connectivity index (χ0) is 32.2. The summed E-state index contributed by atoms with van der Waals surface area (Å²) in [6.45, 7) is 4.30. The third kappa shape index (κ3) is 8.06. The normalized spacial score (nSPS) is 24.6. The van der Waals surface area contributed by atoms with Crippen LogP contribution in [0.5, 0.6) is 5.75 Å². The van der Waals surface area contributed by atoms with Crippen LogP contribution in [0.3, 0.4) is 0 Å². The molecule has 2 aliphatic rings. The maximum atomic E-state index is 15.2. The van der Waals surface area contributed by atoms with Crippen molar-refractivity contribution in [2.24, 2.45) is 0 Å². The Kier molecular flexibility index (Phi) is 10.5. The SMILES string of the molecule is Cc1ccc(OP(=O)(NCC(=O)OC(C)C)OCC2OC(n3ccc(NC(=O)[C@@H]4CCCN4C)nc3=O)C(F)(F)[C@@H]2O)cc1. The number of ether oxygens (including phenoxy) is 2. The van der Waals surface area contributed by atoms with E-state index in [1.54, 1.807) is 33.0 Å². The zero-order valence-electron chi connectivity index (χ0n) is 24.6. The summed E-state index contributed by atoms with van der Waals surface area (Å²) in [4.78, 5) is 42.8. The number of nitrogens with one attached hydrogen (secondary N) is 2. The van der Waals surface area contributed by atoms with Gasteiger partial charge in [-0.2, -0.15) is 13.8 Å². The van der Waals surface area contributed by atoms with Crippen molar-refractivity contribution >= 4 is 25.4 Å². The highest BCUT2D eigenvalue weighted by molar-refractivity contribution is 7.52. The van der Waals surface area contributed by atoms with E-state index in [-0.39, 0.29) is 17.5 Å². The highest BCUT2D eigenvalue weighted by Crippen LogP contribution is 2.47. The lowest BCUT2D eigenvalue weighted by molar-refractivity contribution is -0.146. The molecule has 0 radical (unpaired) electrons. The second-order valence-corrected chi connectivity index (χ2v) is 12.6. The Balaban J connectivity index is 1.46. The number of amides is 1. The number of benzene rings is 1. The number of aliphatic hydroxyl groups is 1. The summed E-state index contributed by atoms with van der Waals surface area (Å²) in [6.07, 6.45) is -4.61. The first-order valence-corrected chi connectivity index (χ1v) is 15.5. The number of hydrogen-bond donors (Lipinski definition) is 3. The van der Waals surface area contributed by atoms with Gasteiger partial charge in [0.15, 0.2) is 6.10 Å². The van der Waals surface area contributed by atoms with E-state index in [1.807, 2.05) is 11.8 Å². The fraction of sp³-hybridized carbons (Fsp3) is 0.556. The van der Waals surface area contributed by atoms with Crippen molar-refractivity contribution in [3.05, 3.63) is 52.6 Å². The highest BCUT2D eigenvalue weighted by Gasteiger charge is 2.60. The first-order chi connectivity index (χ1) is 20.7. The summed E-state index contributed by atoms with van der Waals surface area (Å²) in [5.41, 5.74) is -0.293. The third-order valence-corrected chi connectivity index (χ3v) is 8.46. The van der Waals surface area contributed by atoms with Gasteiger partial charge in [-0.15, -0.1) is 0 Å². The quantitative estimate of drug-likeness (QED) is 0.228. The smallest absolute Gasteiger partial charge is 0.459 e. The number of alkyl halides is 2. The minimum atomic E-state index is -4.42. The predicted octanol–water partition coefficient (Wildman–Crippen LogP) is 2.22. The Bertz CT molecular complexity index is 1440. The molecule has 17 heteroatoms. The van der Waals surface area contributed by atoms with Gasteiger partial charge in [-0.1, -0.05) is 17.7 Å². The van der Waals surface area contributed by atoms with Crippen molar-refractivity contribution < 1.29 is 46.6 Å². The van der Waals surface area contributed by atoms with Crippen molar-refractivity contribution in [1.82, 2.24) is 19.5 Å². The molecule has 2 aromatic rings. The number of aryl methyl sites for hydroxylation is 1. The summed E-state index contributed by atoms with van der Waals surface area (Å²) >= 11 is 0.